The van der Waals surface area contributed by atoms with Gasteiger partial charge in [-0.15, -0.1) is 0 Å². The third kappa shape index (κ3) is 6.81. The van der Waals surface area contributed by atoms with Gasteiger partial charge in [-0.2, -0.15) is 0 Å². The highest BCUT2D eigenvalue weighted by molar-refractivity contribution is 9.10. The third-order valence-electron chi connectivity index (χ3n) is 7.41. The van der Waals surface area contributed by atoms with Crippen LogP contribution in [0.2, 0.25) is 5.02 Å². The second-order valence-electron chi connectivity index (χ2n) is 10.4. The molecule has 11 heteroatoms. The molecule has 0 saturated heterocycles. The van der Waals surface area contributed by atoms with Crippen LogP contribution in [0.25, 0.3) is 11.8 Å². The maximum atomic E-state index is 14.2. The van der Waals surface area contributed by atoms with Crippen molar-refractivity contribution in [3.63, 3.8) is 0 Å². The summed E-state index contributed by atoms with van der Waals surface area (Å²) < 4.78 is 33.9. The quantitative estimate of drug-likeness (QED) is 0.152. The van der Waals surface area contributed by atoms with Crippen molar-refractivity contribution in [2.24, 2.45) is 4.99 Å². The predicted molar refractivity (Wildman–Crippen MR) is 184 cm³/mol. The molecule has 5 aromatic rings. The average Bonchev–Trinajstić information content (AvgIpc) is 3.38. The molecule has 0 aliphatic carbocycles. The molecule has 0 fully saturated rings. The SMILES string of the molecule is CCOC(=O)C1=C(c2ccccc2)N=c2s/c(=C\c3cc(Cl)c(OCc4ccc(Br)cc4)c(OC)c3)c(=O)n2[C@H]1c1ccc(F)cc1. The van der Waals surface area contributed by atoms with Gasteiger partial charge < -0.3 is 14.2 Å². The second-order valence-corrected chi connectivity index (χ2v) is 12.8. The van der Waals surface area contributed by atoms with E-state index >= 15 is 0 Å². The van der Waals surface area contributed by atoms with E-state index in [0.717, 1.165) is 21.4 Å². The maximum Gasteiger partial charge on any atom is 0.338 e. The number of aromatic nitrogens is 1. The molecule has 1 aliphatic heterocycles. The normalized spacial score (nSPS) is 14.4. The van der Waals surface area contributed by atoms with Gasteiger partial charge in [0.2, 0.25) is 0 Å². The van der Waals surface area contributed by atoms with E-state index in [0.29, 0.717) is 48.2 Å². The molecule has 4 aromatic carbocycles. The molecule has 0 N–H and O–H groups in total. The van der Waals surface area contributed by atoms with Gasteiger partial charge in [-0.1, -0.05) is 93.5 Å². The van der Waals surface area contributed by atoms with E-state index < -0.39 is 17.8 Å². The van der Waals surface area contributed by atoms with Crippen LogP contribution < -0.4 is 24.4 Å². The topological polar surface area (TPSA) is 79.1 Å². The van der Waals surface area contributed by atoms with E-state index in [2.05, 4.69) is 15.9 Å². The van der Waals surface area contributed by atoms with Gasteiger partial charge in [0.1, 0.15) is 12.4 Å². The molecule has 0 spiro atoms. The fourth-order valence-electron chi connectivity index (χ4n) is 5.25. The first-order valence-electron chi connectivity index (χ1n) is 14.6. The number of carbonyl (C=O) groups is 1. The molecule has 1 aromatic heterocycles. The van der Waals surface area contributed by atoms with Crippen LogP contribution in [0.3, 0.4) is 0 Å². The van der Waals surface area contributed by atoms with Gasteiger partial charge in [0.15, 0.2) is 16.3 Å². The number of thiazole rings is 1. The maximum absolute atomic E-state index is 14.2. The lowest BCUT2D eigenvalue weighted by Crippen LogP contribution is -2.40. The number of methoxy groups -OCH3 is 1. The lowest BCUT2D eigenvalue weighted by atomic mass is 9.93. The summed E-state index contributed by atoms with van der Waals surface area (Å²) in [5.74, 6) is -0.289. The Morgan fingerprint density at radius 2 is 1.79 bits per heavy atom. The van der Waals surface area contributed by atoms with Gasteiger partial charge >= 0.3 is 5.97 Å². The van der Waals surface area contributed by atoms with E-state index in [9.17, 15) is 14.0 Å². The lowest BCUT2D eigenvalue weighted by Gasteiger charge is -2.25. The van der Waals surface area contributed by atoms with Crippen LogP contribution in [0, 0.1) is 5.82 Å². The highest BCUT2D eigenvalue weighted by atomic mass is 79.9. The average molecular weight is 734 g/mol. The number of carbonyl (C=O) groups excluding carboxylic acids is 1. The van der Waals surface area contributed by atoms with Crippen LogP contribution in [0.1, 0.15) is 35.2 Å². The number of rotatable bonds is 9. The van der Waals surface area contributed by atoms with Crippen molar-refractivity contribution >= 4 is 56.6 Å². The van der Waals surface area contributed by atoms with Gasteiger partial charge in [-0.25, -0.2) is 14.2 Å². The molecular weight excluding hydrogens is 707 g/mol. The van der Waals surface area contributed by atoms with Crippen molar-refractivity contribution in [2.45, 2.75) is 19.6 Å². The number of hydrogen-bond acceptors (Lipinski definition) is 7. The molecule has 0 saturated carbocycles. The van der Waals surface area contributed by atoms with Gasteiger partial charge in [0.05, 0.1) is 40.6 Å². The minimum atomic E-state index is -0.921. The van der Waals surface area contributed by atoms with E-state index in [1.165, 1.54) is 23.8 Å². The van der Waals surface area contributed by atoms with Gasteiger partial charge in [-0.3, -0.25) is 9.36 Å². The molecule has 47 heavy (non-hydrogen) atoms. The number of nitrogens with zero attached hydrogens (tertiary/aromatic N) is 2. The van der Waals surface area contributed by atoms with Gasteiger partial charge in [-0.05, 0) is 66.1 Å². The number of hydrogen-bond donors (Lipinski definition) is 0. The molecule has 238 valence electrons. The van der Waals surface area contributed by atoms with Crippen molar-refractivity contribution in [1.29, 1.82) is 0 Å². The minimum absolute atomic E-state index is 0.121. The Morgan fingerprint density at radius 3 is 2.47 bits per heavy atom. The molecule has 0 amide bonds. The highest BCUT2D eigenvalue weighted by Crippen LogP contribution is 2.38. The fourth-order valence-corrected chi connectivity index (χ4v) is 6.79. The van der Waals surface area contributed by atoms with Crippen LogP contribution >= 0.6 is 38.9 Å². The number of ether oxygens (including phenoxy) is 3. The van der Waals surface area contributed by atoms with Crippen LogP contribution in [0.5, 0.6) is 11.5 Å². The van der Waals surface area contributed by atoms with E-state index in [-0.39, 0.29) is 24.3 Å². The zero-order valence-corrected chi connectivity index (χ0v) is 28.4. The predicted octanol–water partition coefficient (Wildman–Crippen LogP) is 7.08. The Balaban J connectivity index is 1.48. The molecule has 2 heterocycles. The van der Waals surface area contributed by atoms with Crippen LogP contribution in [0.15, 0.2) is 111 Å². The lowest BCUT2D eigenvalue weighted by molar-refractivity contribution is -0.138. The second kappa shape index (κ2) is 14.1. The van der Waals surface area contributed by atoms with Crippen LogP contribution in [-0.4, -0.2) is 24.3 Å². The third-order valence-corrected chi connectivity index (χ3v) is 9.20. The largest absolute Gasteiger partial charge is 0.493 e. The first-order chi connectivity index (χ1) is 22.8. The summed E-state index contributed by atoms with van der Waals surface area (Å²) in [7, 11) is 1.51. The highest BCUT2D eigenvalue weighted by Gasteiger charge is 2.35. The number of fused-ring (bicyclic) bond motifs is 1. The zero-order valence-electron chi connectivity index (χ0n) is 25.2. The minimum Gasteiger partial charge on any atom is -0.493 e. The summed E-state index contributed by atoms with van der Waals surface area (Å²) in [5, 5.41) is 0.306. The van der Waals surface area contributed by atoms with Gasteiger partial charge in [0, 0.05) is 10.0 Å². The molecule has 0 unspecified atom stereocenters. The first-order valence-corrected chi connectivity index (χ1v) is 16.5. The fraction of sp³-hybridized carbons (Fsp3) is 0.139. The van der Waals surface area contributed by atoms with Gasteiger partial charge in [0.25, 0.3) is 5.56 Å². The Morgan fingerprint density at radius 1 is 1.06 bits per heavy atom. The summed E-state index contributed by atoms with van der Waals surface area (Å²) in [4.78, 5) is 32.9. The molecule has 1 atom stereocenters. The molecule has 7 nitrogen and oxygen atoms in total. The van der Waals surface area contributed by atoms with E-state index in [1.807, 2.05) is 54.6 Å². The summed E-state index contributed by atoms with van der Waals surface area (Å²) in [5.41, 5.74) is 2.92. The molecule has 6 rings (SSSR count). The Bertz CT molecular complexity index is 2160. The van der Waals surface area contributed by atoms with Crippen molar-refractivity contribution in [1.82, 2.24) is 4.57 Å². The molecule has 0 radical (unpaired) electrons. The molecule has 0 bridgehead atoms. The zero-order chi connectivity index (χ0) is 33.1. The summed E-state index contributed by atoms with van der Waals surface area (Å²) in [6.07, 6.45) is 1.69. The summed E-state index contributed by atoms with van der Waals surface area (Å²) >= 11 is 11.3. The van der Waals surface area contributed by atoms with Crippen LogP contribution in [-0.2, 0) is 16.1 Å². The Kier molecular flexibility index (Phi) is 9.72. The van der Waals surface area contributed by atoms with Crippen molar-refractivity contribution in [2.75, 3.05) is 13.7 Å². The Labute approximate surface area is 287 Å². The summed E-state index contributed by atoms with van der Waals surface area (Å²) in [6, 6.07) is 25.2. The van der Waals surface area contributed by atoms with E-state index in [1.54, 1.807) is 37.3 Å². The smallest absolute Gasteiger partial charge is 0.338 e. The molecule has 1 aliphatic rings. The van der Waals surface area contributed by atoms with Crippen molar-refractivity contribution in [3.05, 3.63) is 154 Å². The number of esters is 1. The standard InChI is InChI=1S/C36H27BrClFN2O5S/c1-3-45-35(43)30-31(23-7-5-4-6-8-23)40-36-41(32(30)24-11-15-26(39)16-12-24)34(42)29(47-36)19-22-17-27(38)33(28(18-22)44-2)46-20-21-9-13-25(37)14-10-21/h4-19,32H,3,20H2,1-2H3/b29-19-/t32-/m0/s1. The Hall–Kier alpha value is -4.51. The van der Waals surface area contributed by atoms with Crippen molar-refractivity contribution < 1.29 is 23.4 Å². The number of halogens is 3. The monoisotopic (exact) mass is 732 g/mol. The summed E-state index contributed by atoms with van der Waals surface area (Å²) in [6.45, 7) is 2.10. The van der Waals surface area contributed by atoms with E-state index in [4.69, 9.17) is 30.8 Å². The first kappa shape index (κ1) is 32.4. The van der Waals surface area contributed by atoms with Crippen molar-refractivity contribution in [3.8, 4) is 11.5 Å². The molecular formula is C36H27BrClFN2O5S. The van der Waals surface area contributed by atoms with Crippen LogP contribution in [0.4, 0.5) is 4.39 Å². The number of benzene rings is 4.